The number of sulfonamides is 1. The molecule has 2 N–H and O–H groups in total. The Morgan fingerprint density at radius 2 is 1.94 bits per heavy atom. The molecular formula is C11H26N2O4S. The minimum Gasteiger partial charge on any atom is -0.387 e. The summed E-state index contributed by atoms with van der Waals surface area (Å²) in [5, 5.41) is 9.96. The van der Waals surface area contributed by atoms with E-state index in [4.69, 9.17) is 4.74 Å². The highest BCUT2D eigenvalue weighted by Gasteiger charge is 2.23. The van der Waals surface area contributed by atoms with Crippen LogP contribution in [-0.4, -0.2) is 69.7 Å². The third-order valence-corrected chi connectivity index (χ3v) is 3.42. The molecule has 0 aromatic carbocycles. The minimum absolute atomic E-state index is 0.00477. The molecule has 110 valence electrons. The highest BCUT2D eigenvalue weighted by molar-refractivity contribution is 7.89. The van der Waals surface area contributed by atoms with Crippen LogP contribution in [0.5, 0.6) is 0 Å². The Kier molecular flexibility index (Phi) is 7.31. The monoisotopic (exact) mass is 282 g/mol. The number of ether oxygens (including phenoxy) is 1. The fourth-order valence-corrected chi connectivity index (χ4v) is 2.46. The van der Waals surface area contributed by atoms with Gasteiger partial charge in [-0.3, -0.25) is 0 Å². The molecule has 0 aliphatic rings. The van der Waals surface area contributed by atoms with Crippen LogP contribution >= 0.6 is 0 Å². The number of rotatable bonds is 9. The Morgan fingerprint density at radius 3 is 2.39 bits per heavy atom. The summed E-state index contributed by atoms with van der Waals surface area (Å²) in [7, 11) is 0.238. The van der Waals surface area contributed by atoms with Crippen LogP contribution in [0, 0.1) is 0 Å². The van der Waals surface area contributed by atoms with Crippen LogP contribution in [0.15, 0.2) is 0 Å². The average Bonchev–Trinajstić information content (AvgIpc) is 2.12. The normalized spacial score (nSPS) is 16.2. The molecule has 18 heavy (non-hydrogen) atoms. The molecule has 0 heterocycles. The van der Waals surface area contributed by atoms with Crippen molar-refractivity contribution in [2.75, 3.05) is 39.5 Å². The lowest BCUT2D eigenvalue weighted by Gasteiger charge is -2.27. The van der Waals surface area contributed by atoms with Crippen LogP contribution in [0.25, 0.3) is 0 Å². The Labute approximate surface area is 110 Å². The van der Waals surface area contributed by atoms with Crippen molar-refractivity contribution in [1.29, 1.82) is 0 Å². The molecular weight excluding hydrogens is 256 g/mol. The summed E-state index contributed by atoms with van der Waals surface area (Å²) < 4.78 is 30.8. The minimum atomic E-state index is -3.40. The Morgan fingerprint density at radius 1 is 1.39 bits per heavy atom. The van der Waals surface area contributed by atoms with Crippen molar-refractivity contribution in [1.82, 2.24) is 9.62 Å². The molecule has 0 saturated heterocycles. The molecule has 0 aromatic rings. The van der Waals surface area contributed by atoms with Gasteiger partial charge in [0, 0.05) is 13.1 Å². The second-order valence-electron chi connectivity index (χ2n) is 5.29. The second-order valence-corrected chi connectivity index (χ2v) is 7.22. The Balaban J connectivity index is 4.10. The van der Waals surface area contributed by atoms with Crippen molar-refractivity contribution < 1.29 is 18.3 Å². The van der Waals surface area contributed by atoms with Crippen molar-refractivity contribution in [3.63, 3.8) is 0 Å². The highest BCUT2D eigenvalue weighted by atomic mass is 32.2. The van der Waals surface area contributed by atoms with E-state index in [1.54, 1.807) is 11.8 Å². The molecule has 0 saturated carbocycles. The fraction of sp³-hybridized carbons (Fsp3) is 1.00. The van der Waals surface area contributed by atoms with Gasteiger partial charge in [0.15, 0.2) is 0 Å². The van der Waals surface area contributed by atoms with Crippen molar-refractivity contribution >= 4 is 10.0 Å². The van der Waals surface area contributed by atoms with Gasteiger partial charge in [0.1, 0.15) is 0 Å². The lowest BCUT2D eigenvalue weighted by molar-refractivity contribution is 0.0384. The maximum Gasteiger partial charge on any atom is 0.213 e. The number of hydrogen-bond donors (Lipinski definition) is 2. The lowest BCUT2D eigenvalue weighted by Crippen LogP contribution is -2.47. The zero-order valence-electron chi connectivity index (χ0n) is 11.9. The molecule has 7 heteroatoms. The van der Waals surface area contributed by atoms with E-state index in [-0.39, 0.29) is 25.0 Å². The fourth-order valence-electron chi connectivity index (χ4n) is 1.47. The smallest absolute Gasteiger partial charge is 0.213 e. The molecule has 1 atom stereocenters. The SMILES string of the molecule is CC(C)OCCS(=O)(=O)NC[C@](C)(O)CN(C)C. The summed E-state index contributed by atoms with van der Waals surface area (Å²) in [5.74, 6) is -0.0940. The van der Waals surface area contributed by atoms with Gasteiger partial charge in [0.05, 0.1) is 24.1 Å². The number of likely N-dealkylation sites (N-methyl/N-ethyl adjacent to an activating group) is 1. The van der Waals surface area contributed by atoms with E-state index in [0.717, 1.165) is 0 Å². The highest BCUT2D eigenvalue weighted by Crippen LogP contribution is 2.03. The molecule has 0 rings (SSSR count). The van der Waals surface area contributed by atoms with Crippen molar-refractivity contribution in [3.8, 4) is 0 Å². The van der Waals surface area contributed by atoms with Crippen LogP contribution < -0.4 is 4.72 Å². The van der Waals surface area contributed by atoms with Gasteiger partial charge >= 0.3 is 0 Å². The summed E-state index contributed by atoms with van der Waals surface area (Å²) in [5.41, 5.74) is -1.09. The predicted octanol–water partition coefficient (Wildman–Crippen LogP) is -0.357. The van der Waals surface area contributed by atoms with Crippen LogP contribution in [-0.2, 0) is 14.8 Å². The third kappa shape index (κ3) is 9.78. The van der Waals surface area contributed by atoms with Gasteiger partial charge in [0.2, 0.25) is 10.0 Å². The van der Waals surface area contributed by atoms with E-state index in [1.807, 2.05) is 27.9 Å². The standard InChI is InChI=1S/C11H26N2O4S/c1-10(2)17-6-7-18(15,16)12-8-11(3,14)9-13(4)5/h10,12,14H,6-9H2,1-5H3/t11-/m0/s1. The summed E-state index contributed by atoms with van der Waals surface area (Å²) in [6, 6.07) is 0. The number of nitrogens with zero attached hydrogens (tertiary/aromatic N) is 1. The van der Waals surface area contributed by atoms with E-state index in [9.17, 15) is 13.5 Å². The van der Waals surface area contributed by atoms with E-state index < -0.39 is 15.6 Å². The molecule has 0 spiro atoms. The van der Waals surface area contributed by atoms with Crippen LogP contribution in [0.2, 0.25) is 0 Å². The lowest BCUT2D eigenvalue weighted by atomic mass is 10.1. The maximum atomic E-state index is 11.6. The quantitative estimate of drug-likeness (QED) is 0.604. The van der Waals surface area contributed by atoms with Gasteiger partial charge < -0.3 is 14.7 Å². The Bertz CT molecular complexity index is 326. The molecule has 0 bridgehead atoms. The van der Waals surface area contributed by atoms with Crippen LogP contribution in [0.1, 0.15) is 20.8 Å². The number of nitrogens with one attached hydrogen (secondary N) is 1. The Hall–Kier alpha value is -0.210. The van der Waals surface area contributed by atoms with Gasteiger partial charge in [-0.1, -0.05) is 0 Å². The average molecular weight is 282 g/mol. The number of hydrogen-bond acceptors (Lipinski definition) is 5. The van der Waals surface area contributed by atoms with E-state index in [2.05, 4.69) is 4.72 Å². The summed E-state index contributed by atoms with van der Waals surface area (Å²) in [6.45, 7) is 5.83. The van der Waals surface area contributed by atoms with Crippen LogP contribution in [0.3, 0.4) is 0 Å². The van der Waals surface area contributed by atoms with Crippen molar-refractivity contribution in [2.45, 2.75) is 32.5 Å². The van der Waals surface area contributed by atoms with Gasteiger partial charge in [-0.05, 0) is 34.9 Å². The first kappa shape index (κ1) is 17.8. The molecule has 0 aliphatic heterocycles. The second kappa shape index (κ2) is 7.40. The zero-order chi connectivity index (χ0) is 14.4. The molecule has 0 unspecified atom stereocenters. The predicted molar refractivity (Wildman–Crippen MR) is 72.1 cm³/mol. The molecule has 0 aromatic heterocycles. The molecule has 0 aliphatic carbocycles. The summed E-state index contributed by atoms with van der Waals surface area (Å²) in [6.07, 6.45) is 0.0112. The van der Waals surface area contributed by atoms with E-state index in [1.165, 1.54) is 0 Å². The largest absolute Gasteiger partial charge is 0.387 e. The molecule has 0 radical (unpaired) electrons. The van der Waals surface area contributed by atoms with Gasteiger partial charge in [-0.2, -0.15) is 0 Å². The number of aliphatic hydroxyl groups is 1. The van der Waals surface area contributed by atoms with Crippen molar-refractivity contribution in [2.24, 2.45) is 0 Å². The first-order valence-corrected chi connectivity index (χ1v) is 7.65. The van der Waals surface area contributed by atoms with E-state index >= 15 is 0 Å². The van der Waals surface area contributed by atoms with Gasteiger partial charge in [-0.25, -0.2) is 13.1 Å². The molecule has 0 amide bonds. The van der Waals surface area contributed by atoms with Gasteiger partial charge in [0.25, 0.3) is 0 Å². The maximum absolute atomic E-state index is 11.6. The topological polar surface area (TPSA) is 78.9 Å². The van der Waals surface area contributed by atoms with Crippen molar-refractivity contribution in [3.05, 3.63) is 0 Å². The van der Waals surface area contributed by atoms with Crippen LogP contribution in [0.4, 0.5) is 0 Å². The molecule has 0 fully saturated rings. The third-order valence-electron chi connectivity index (χ3n) is 2.13. The zero-order valence-corrected chi connectivity index (χ0v) is 12.7. The van der Waals surface area contributed by atoms with E-state index in [0.29, 0.717) is 6.54 Å². The first-order valence-electron chi connectivity index (χ1n) is 6.00. The van der Waals surface area contributed by atoms with Gasteiger partial charge in [-0.15, -0.1) is 0 Å². The summed E-state index contributed by atoms with van der Waals surface area (Å²) in [4.78, 5) is 1.80. The molecule has 6 nitrogen and oxygen atoms in total. The summed E-state index contributed by atoms with van der Waals surface area (Å²) >= 11 is 0. The first-order chi connectivity index (χ1) is 8.04.